The number of rotatable bonds is 7. The van der Waals surface area contributed by atoms with E-state index in [1.54, 1.807) is 7.11 Å². The van der Waals surface area contributed by atoms with E-state index in [-0.39, 0.29) is 11.8 Å². The van der Waals surface area contributed by atoms with E-state index < -0.39 is 0 Å². The first-order chi connectivity index (χ1) is 15.5. The van der Waals surface area contributed by atoms with Gasteiger partial charge in [-0.05, 0) is 36.2 Å². The number of hydrogen-bond acceptors (Lipinski definition) is 7. The molecule has 1 aromatic heterocycles. The quantitative estimate of drug-likeness (QED) is 0.570. The number of carbonyl (C=O) groups excluding carboxylic acids is 2. The average Bonchev–Trinajstić information content (AvgIpc) is 3.24. The van der Waals surface area contributed by atoms with E-state index >= 15 is 0 Å². The molecule has 1 aliphatic heterocycles. The lowest BCUT2D eigenvalue weighted by molar-refractivity contribution is -0.114. The highest BCUT2D eigenvalue weighted by atomic mass is 32.1. The van der Waals surface area contributed by atoms with E-state index in [2.05, 4.69) is 20.5 Å². The maximum Gasteiger partial charge on any atom is 0.280 e. The molecule has 0 aliphatic carbocycles. The van der Waals surface area contributed by atoms with Crippen molar-refractivity contribution < 1.29 is 19.1 Å². The molecule has 32 heavy (non-hydrogen) atoms. The monoisotopic (exact) mass is 454 g/mol. The lowest BCUT2D eigenvalue weighted by Gasteiger charge is -2.29. The summed E-state index contributed by atoms with van der Waals surface area (Å²) in [6.07, 6.45) is 0.645. The third kappa shape index (κ3) is 5.00. The van der Waals surface area contributed by atoms with Gasteiger partial charge >= 0.3 is 0 Å². The fourth-order valence-corrected chi connectivity index (χ4v) is 4.73. The standard InChI is InChI=1S/C23H26N4O4S/c1-15(28)25-17-5-3-4-16(14-17)8-9-24-22(29)23-26-20-19(30-2)7-6-18(21(20)32-23)27-10-12-31-13-11-27/h3-7,14H,8-13H2,1-2H3,(H,24,29)(H,25,28). The highest BCUT2D eigenvalue weighted by molar-refractivity contribution is 7.21. The fraction of sp³-hybridized carbons (Fsp3) is 0.348. The minimum absolute atomic E-state index is 0.113. The predicted octanol–water partition coefficient (Wildman–Crippen LogP) is 3.07. The van der Waals surface area contributed by atoms with E-state index in [1.165, 1.54) is 18.3 Å². The lowest BCUT2D eigenvalue weighted by atomic mass is 10.1. The third-order valence-electron chi connectivity index (χ3n) is 5.20. The van der Waals surface area contributed by atoms with Crippen LogP contribution in [0.2, 0.25) is 0 Å². The van der Waals surface area contributed by atoms with Crippen molar-refractivity contribution in [3.05, 3.63) is 47.0 Å². The topological polar surface area (TPSA) is 92.8 Å². The number of amides is 2. The summed E-state index contributed by atoms with van der Waals surface area (Å²) in [5, 5.41) is 6.13. The molecule has 0 bridgehead atoms. The lowest BCUT2D eigenvalue weighted by Crippen LogP contribution is -2.36. The van der Waals surface area contributed by atoms with Gasteiger partial charge in [0.1, 0.15) is 11.3 Å². The maximum absolute atomic E-state index is 12.8. The Bertz CT molecular complexity index is 1120. The van der Waals surface area contributed by atoms with Gasteiger partial charge < -0.3 is 25.0 Å². The van der Waals surface area contributed by atoms with Crippen molar-refractivity contribution >= 4 is 44.7 Å². The summed E-state index contributed by atoms with van der Waals surface area (Å²) in [6.45, 7) is 4.92. The summed E-state index contributed by atoms with van der Waals surface area (Å²) < 4.78 is 11.9. The van der Waals surface area contributed by atoms with E-state index in [0.717, 1.165) is 34.7 Å². The Morgan fingerprint density at radius 2 is 2.03 bits per heavy atom. The summed E-state index contributed by atoms with van der Waals surface area (Å²) in [5.41, 5.74) is 3.53. The van der Waals surface area contributed by atoms with Crippen LogP contribution in [0.1, 0.15) is 22.3 Å². The zero-order valence-corrected chi connectivity index (χ0v) is 19.0. The molecule has 3 aromatic rings. The van der Waals surface area contributed by atoms with Crippen LogP contribution in [-0.2, 0) is 16.0 Å². The van der Waals surface area contributed by atoms with Crippen LogP contribution in [0, 0.1) is 0 Å². The molecular formula is C23H26N4O4S. The SMILES string of the molecule is COc1ccc(N2CCOCC2)c2sc(C(=O)NCCc3cccc(NC(C)=O)c3)nc12. The predicted molar refractivity (Wildman–Crippen MR) is 126 cm³/mol. The zero-order chi connectivity index (χ0) is 22.5. The molecule has 0 radical (unpaired) electrons. The molecule has 4 rings (SSSR count). The Morgan fingerprint density at radius 1 is 1.22 bits per heavy atom. The number of thiazole rings is 1. The summed E-state index contributed by atoms with van der Waals surface area (Å²) >= 11 is 1.38. The van der Waals surface area contributed by atoms with Crippen LogP contribution in [0.4, 0.5) is 11.4 Å². The van der Waals surface area contributed by atoms with Crippen LogP contribution in [0.15, 0.2) is 36.4 Å². The largest absolute Gasteiger partial charge is 0.494 e. The second-order valence-corrected chi connectivity index (χ2v) is 8.47. The molecule has 1 saturated heterocycles. The van der Waals surface area contributed by atoms with Gasteiger partial charge in [-0.25, -0.2) is 4.98 Å². The van der Waals surface area contributed by atoms with E-state index in [9.17, 15) is 9.59 Å². The molecule has 8 nitrogen and oxygen atoms in total. The van der Waals surface area contributed by atoms with Gasteiger partial charge in [0.15, 0.2) is 5.01 Å². The minimum atomic E-state index is -0.209. The van der Waals surface area contributed by atoms with Gasteiger partial charge in [0.25, 0.3) is 5.91 Å². The molecule has 9 heteroatoms. The Hall–Kier alpha value is -3.17. The van der Waals surface area contributed by atoms with Crippen molar-refractivity contribution in [1.29, 1.82) is 0 Å². The van der Waals surface area contributed by atoms with Crippen molar-refractivity contribution in [3.8, 4) is 5.75 Å². The second-order valence-electron chi connectivity index (χ2n) is 7.47. The first kappa shape index (κ1) is 22.0. The van der Waals surface area contributed by atoms with Gasteiger partial charge in [-0.3, -0.25) is 9.59 Å². The van der Waals surface area contributed by atoms with Crippen LogP contribution in [0.3, 0.4) is 0 Å². The number of nitrogens with one attached hydrogen (secondary N) is 2. The molecule has 0 atom stereocenters. The third-order valence-corrected chi connectivity index (χ3v) is 6.27. The van der Waals surface area contributed by atoms with Crippen LogP contribution >= 0.6 is 11.3 Å². The van der Waals surface area contributed by atoms with Crippen molar-refractivity contribution in [2.24, 2.45) is 0 Å². The van der Waals surface area contributed by atoms with Gasteiger partial charge in [-0.2, -0.15) is 0 Å². The summed E-state index contributed by atoms with van der Waals surface area (Å²) in [6, 6.07) is 11.5. The Balaban J connectivity index is 1.47. The molecule has 1 fully saturated rings. The van der Waals surface area contributed by atoms with Crippen molar-refractivity contribution in [2.45, 2.75) is 13.3 Å². The van der Waals surface area contributed by atoms with Crippen molar-refractivity contribution in [2.75, 3.05) is 50.2 Å². The van der Waals surface area contributed by atoms with E-state index in [4.69, 9.17) is 9.47 Å². The first-order valence-corrected chi connectivity index (χ1v) is 11.3. The van der Waals surface area contributed by atoms with Gasteiger partial charge in [-0.1, -0.05) is 12.1 Å². The van der Waals surface area contributed by atoms with Crippen LogP contribution in [0.25, 0.3) is 10.2 Å². The first-order valence-electron chi connectivity index (χ1n) is 10.5. The molecule has 0 spiro atoms. The average molecular weight is 455 g/mol. The van der Waals surface area contributed by atoms with Crippen LogP contribution in [0.5, 0.6) is 5.75 Å². The Kier molecular flexibility index (Phi) is 6.87. The summed E-state index contributed by atoms with van der Waals surface area (Å²) in [5.74, 6) is 0.333. The minimum Gasteiger partial charge on any atom is -0.494 e. The van der Waals surface area contributed by atoms with Gasteiger partial charge in [0.2, 0.25) is 5.91 Å². The highest BCUT2D eigenvalue weighted by Crippen LogP contribution is 2.37. The number of aromatic nitrogens is 1. The molecule has 0 unspecified atom stereocenters. The van der Waals surface area contributed by atoms with Gasteiger partial charge in [0, 0.05) is 32.2 Å². The molecule has 1 aliphatic rings. The number of carbonyl (C=O) groups is 2. The summed E-state index contributed by atoms with van der Waals surface area (Å²) in [4.78, 5) is 30.9. The van der Waals surface area contributed by atoms with Crippen molar-refractivity contribution in [3.63, 3.8) is 0 Å². The number of nitrogens with zero attached hydrogens (tertiary/aromatic N) is 2. The molecule has 2 aromatic carbocycles. The van der Waals surface area contributed by atoms with Crippen LogP contribution < -0.4 is 20.3 Å². The number of methoxy groups -OCH3 is 1. The number of fused-ring (bicyclic) bond motifs is 1. The Morgan fingerprint density at radius 3 is 2.78 bits per heavy atom. The second kappa shape index (κ2) is 9.97. The van der Waals surface area contributed by atoms with Gasteiger partial charge in [0.05, 0.1) is 30.7 Å². The molecule has 168 valence electrons. The molecule has 0 saturated carbocycles. The zero-order valence-electron chi connectivity index (χ0n) is 18.1. The molecule has 2 N–H and O–H groups in total. The number of anilines is 2. The molecule has 2 amide bonds. The smallest absolute Gasteiger partial charge is 0.280 e. The fourth-order valence-electron chi connectivity index (χ4n) is 3.69. The number of ether oxygens (including phenoxy) is 2. The normalized spacial score (nSPS) is 13.8. The van der Waals surface area contributed by atoms with Crippen LogP contribution in [-0.4, -0.2) is 56.8 Å². The molecule has 2 heterocycles. The number of benzene rings is 2. The number of hydrogen-bond donors (Lipinski definition) is 2. The Labute approximate surface area is 190 Å². The maximum atomic E-state index is 12.8. The summed E-state index contributed by atoms with van der Waals surface area (Å²) in [7, 11) is 1.61. The number of morpholine rings is 1. The van der Waals surface area contributed by atoms with Gasteiger partial charge in [-0.15, -0.1) is 11.3 Å². The highest BCUT2D eigenvalue weighted by Gasteiger charge is 2.21. The van der Waals surface area contributed by atoms with E-state index in [0.29, 0.717) is 42.5 Å². The van der Waals surface area contributed by atoms with E-state index in [1.807, 2.05) is 36.4 Å². The molecular weight excluding hydrogens is 428 g/mol. The van der Waals surface area contributed by atoms with Crippen molar-refractivity contribution in [1.82, 2.24) is 10.3 Å².